The van der Waals surface area contributed by atoms with E-state index in [4.69, 9.17) is 4.74 Å². The minimum atomic E-state index is -0.493. The van der Waals surface area contributed by atoms with Gasteiger partial charge in [-0.2, -0.15) is 0 Å². The third-order valence-corrected chi connectivity index (χ3v) is 5.19. The van der Waals surface area contributed by atoms with E-state index in [-0.39, 0.29) is 11.7 Å². The predicted molar refractivity (Wildman–Crippen MR) is 106 cm³/mol. The maximum absolute atomic E-state index is 14.0. The highest BCUT2D eigenvalue weighted by Crippen LogP contribution is 2.22. The van der Waals surface area contributed by atoms with Gasteiger partial charge in [-0.05, 0) is 55.7 Å². The second-order valence-electron chi connectivity index (χ2n) is 7.02. The summed E-state index contributed by atoms with van der Waals surface area (Å²) in [5, 5.41) is 0. The molecule has 0 bridgehead atoms. The Kier molecular flexibility index (Phi) is 5.99. The van der Waals surface area contributed by atoms with Crippen LogP contribution in [-0.2, 0) is 4.79 Å². The lowest BCUT2D eigenvalue weighted by atomic mass is 10.1. The van der Waals surface area contributed by atoms with E-state index in [9.17, 15) is 9.18 Å². The molecule has 0 N–H and O–H groups in total. The lowest BCUT2D eigenvalue weighted by molar-refractivity contribution is -0.139. The van der Waals surface area contributed by atoms with Crippen LogP contribution in [0.3, 0.4) is 0 Å². The van der Waals surface area contributed by atoms with E-state index in [1.807, 2.05) is 47.9 Å². The number of rotatable bonds is 5. The van der Waals surface area contributed by atoms with Crippen LogP contribution in [0.4, 0.5) is 10.1 Å². The molecule has 1 amide bonds. The van der Waals surface area contributed by atoms with E-state index < -0.39 is 6.10 Å². The minimum absolute atomic E-state index is 0.00362. The number of nitrogens with zero attached hydrogens (tertiary/aromatic N) is 2. The number of benzene rings is 2. The molecule has 4 nitrogen and oxygen atoms in total. The molecule has 1 saturated heterocycles. The van der Waals surface area contributed by atoms with Gasteiger partial charge in [-0.3, -0.25) is 4.79 Å². The van der Waals surface area contributed by atoms with Gasteiger partial charge in [0.25, 0.3) is 5.91 Å². The molecule has 2 aromatic rings. The Labute approximate surface area is 160 Å². The Hall–Kier alpha value is -2.56. The third-order valence-electron chi connectivity index (χ3n) is 5.19. The van der Waals surface area contributed by atoms with Crippen molar-refractivity contribution in [1.82, 2.24) is 4.90 Å². The van der Waals surface area contributed by atoms with Crippen molar-refractivity contribution in [3.63, 3.8) is 0 Å². The number of aryl methyl sites for hydroxylation is 2. The van der Waals surface area contributed by atoms with Crippen molar-refractivity contribution in [3.05, 3.63) is 59.4 Å². The predicted octanol–water partition coefficient (Wildman–Crippen LogP) is 3.95. The number of carbonyl (C=O) groups is 1. The zero-order valence-electron chi connectivity index (χ0n) is 16.2. The quantitative estimate of drug-likeness (QED) is 0.799. The van der Waals surface area contributed by atoms with Crippen LogP contribution in [0.2, 0.25) is 0 Å². The molecule has 3 rings (SSSR count). The number of ether oxygens (including phenoxy) is 1. The third kappa shape index (κ3) is 4.41. The Morgan fingerprint density at radius 3 is 2.41 bits per heavy atom. The van der Waals surface area contributed by atoms with Crippen molar-refractivity contribution in [1.29, 1.82) is 0 Å². The van der Waals surface area contributed by atoms with Gasteiger partial charge < -0.3 is 14.5 Å². The first-order valence-electron chi connectivity index (χ1n) is 9.51. The number of halogens is 1. The number of carbonyl (C=O) groups excluding carboxylic acids is 1. The van der Waals surface area contributed by atoms with Gasteiger partial charge in [0.2, 0.25) is 0 Å². The number of piperazine rings is 1. The van der Waals surface area contributed by atoms with Crippen LogP contribution in [0.1, 0.15) is 24.5 Å². The van der Waals surface area contributed by atoms with Crippen LogP contribution in [0.25, 0.3) is 0 Å². The molecule has 1 heterocycles. The minimum Gasteiger partial charge on any atom is -0.481 e. The highest BCUT2D eigenvalue weighted by Gasteiger charge is 2.28. The van der Waals surface area contributed by atoms with Crippen LogP contribution in [-0.4, -0.2) is 43.1 Å². The molecule has 1 atom stereocenters. The standard InChI is InChI=1S/C22H27FN2O2/c1-4-21(27-18-10-9-16(2)17(3)15-18)22(26)25-13-11-24(12-14-25)20-8-6-5-7-19(20)23/h5-10,15,21H,4,11-14H2,1-3H3/t21-/m1/s1. The summed E-state index contributed by atoms with van der Waals surface area (Å²) in [6, 6.07) is 12.7. The molecule has 0 radical (unpaired) electrons. The van der Waals surface area contributed by atoms with Crippen molar-refractivity contribution >= 4 is 11.6 Å². The zero-order valence-corrected chi connectivity index (χ0v) is 16.2. The summed E-state index contributed by atoms with van der Waals surface area (Å²) in [6.45, 7) is 8.42. The largest absolute Gasteiger partial charge is 0.481 e. The fourth-order valence-electron chi connectivity index (χ4n) is 3.34. The molecular formula is C22H27FN2O2. The zero-order chi connectivity index (χ0) is 19.4. The molecule has 0 aliphatic carbocycles. The van der Waals surface area contributed by atoms with Gasteiger partial charge in [0.1, 0.15) is 11.6 Å². The SMILES string of the molecule is CC[C@@H](Oc1ccc(C)c(C)c1)C(=O)N1CCN(c2ccccc2F)CC1. The molecule has 27 heavy (non-hydrogen) atoms. The molecule has 0 spiro atoms. The van der Waals surface area contributed by atoms with Crippen LogP contribution in [0, 0.1) is 19.7 Å². The van der Waals surface area contributed by atoms with Crippen LogP contribution in [0.15, 0.2) is 42.5 Å². The number of anilines is 1. The summed E-state index contributed by atoms with van der Waals surface area (Å²) in [5.74, 6) is 0.508. The number of para-hydroxylation sites is 1. The molecule has 1 fully saturated rings. The fourth-order valence-corrected chi connectivity index (χ4v) is 3.34. The van der Waals surface area contributed by atoms with E-state index in [2.05, 4.69) is 6.92 Å². The summed E-state index contributed by atoms with van der Waals surface area (Å²) >= 11 is 0. The topological polar surface area (TPSA) is 32.8 Å². The number of amides is 1. The summed E-state index contributed by atoms with van der Waals surface area (Å²) in [5.41, 5.74) is 2.95. The Balaban J connectivity index is 1.61. The van der Waals surface area contributed by atoms with Crippen LogP contribution < -0.4 is 9.64 Å². The van der Waals surface area contributed by atoms with E-state index in [1.165, 1.54) is 11.6 Å². The highest BCUT2D eigenvalue weighted by molar-refractivity contribution is 5.81. The van der Waals surface area contributed by atoms with Gasteiger partial charge in [0.05, 0.1) is 5.69 Å². The first-order chi connectivity index (χ1) is 13.0. The van der Waals surface area contributed by atoms with Crippen LogP contribution >= 0.6 is 0 Å². The van der Waals surface area contributed by atoms with Crippen molar-refractivity contribution in [2.24, 2.45) is 0 Å². The summed E-state index contributed by atoms with van der Waals surface area (Å²) in [7, 11) is 0. The van der Waals surface area contributed by atoms with E-state index in [0.717, 1.165) is 11.3 Å². The molecule has 2 aromatic carbocycles. The first-order valence-corrected chi connectivity index (χ1v) is 9.51. The van der Waals surface area contributed by atoms with Gasteiger partial charge in [0.15, 0.2) is 6.10 Å². The Morgan fingerprint density at radius 1 is 1.07 bits per heavy atom. The highest BCUT2D eigenvalue weighted by atomic mass is 19.1. The lowest BCUT2D eigenvalue weighted by Gasteiger charge is -2.37. The molecule has 0 saturated carbocycles. The lowest BCUT2D eigenvalue weighted by Crippen LogP contribution is -2.52. The molecular weight excluding hydrogens is 343 g/mol. The normalized spacial score (nSPS) is 15.6. The van der Waals surface area contributed by atoms with Gasteiger partial charge in [0, 0.05) is 26.2 Å². The van der Waals surface area contributed by atoms with E-state index in [0.29, 0.717) is 38.3 Å². The average Bonchev–Trinajstić information content (AvgIpc) is 2.69. The molecule has 0 aromatic heterocycles. The molecule has 0 unspecified atom stereocenters. The second-order valence-corrected chi connectivity index (χ2v) is 7.02. The van der Waals surface area contributed by atoms with Gasteiger partial charge >= 0.3 is 0 Å². The maximum atomic E-state index is 14.0. The van der Waals surface area contributed by atoms with Crippen molar-refractivity contribution in [2.45, 2.75) is 33.3 Å². The monoisotopic (exact) mass is 370 g/mol. The summed E-state index contributed by atoms with van der Waals surface area (Å²) in [6.07, 6.45) is 0.117. The number of hydrogen-bond acceptors (Lipinski definition) is 3. The van der Waals surface area contributed by atoms with Crippen molar-refractivity contribution in [3.8, 4) is 5.75 Å². The van der Waals surface area contributed by atoms with Crippen LogP contribution in [0.5, 0.6) is 5.75 Å². The molecule has 144 valence electrons. The Bertz CT molecular complexity index is 801. The molecule has 5 heteroatoms. The van der Waals surface area contributed by atoms with Crippen molar-refractivity contribution < 1.29 is 13.9 Å². The van der Waals surface area contributed by atoms with Gasteiger partial charge in [-0.25, -0.2) is 4.39 Å². The number of hydrogen-bond donors (Lipinski definition) is 0. The first kappa shape index (κ1) is 19.2. The maximum Gasteiger partial charge on any atom is 0.263 e. The average molecular weight is 370 g/mol. The van der Waals surface area contributed by atoms with Gasteiger partial charge in [-0.15, -0.1) is 0 Å². The van der Waals surface area contributed by atoms with E-state index >= 15 is 0 Å². The van der Waals surface area contributed by atoms with E-state index in [1.54, 1.807) is 12.1 Å². The molecule has 1 aliphatic rings. The molecule has 1 aliphatic heterocycles. The Morgan fingerprint density at radius 2 is 1.78 bits per heavy atom. The summed E-state index contributed by atoms with van der Waals surface area (Å²) in [4.78, 5) is 16.7. The smallest absolute Gasteiger partial charge is 0.263 e. The fraction of sp³-hybridized carbons (Fsp3) is 0.409. The summed E-state index contributed by atoms with van der Waals surface area (Å²) < 4.78 is 20.0. The van der Waals surface area contributed by atoms with Crippen molar-refractivity contribution in [2.75, 3.05) is 31.1 Å². The second kappa shape index (κ2) is 8.42. The van der Waals surface area contributed by atoms with Gasteiger partial charge in [-0.1, -0.05) is 25.1 Å².